The molecule has 2 unspecified atom stereocenters. The molecule has 0 spiro atoms. The smallest absolute Gasteiger partial charge is 0.407 e. The Morgan fingerprint density at radius 3 is 2.26 bits per heavy atom. The first-order chi connectivity index (χ1) is 16.6. The summed E-state index contributed by atoms with van der Waals surface area (Å²) >= 11 is 0. The highest BCUT2D eigenvalue weighted by molar-refractivity contribution is 7.88. The molecule has 1 heterocycles. The van der Waals surface area contributed by atoms with E-state index in [2.05, 4.69) is 10.0 Å². The van der Waals surface area contributed by atoms with Crippen LogP contribution >= 0.6 is 0 Å². The Morgan fingerprint density at radius 1 is 1.09 bits per heavy atom. The summed E-state index contributed by atoms with van der Waals surface area (Å²) < 4.78 is 30.8. The second-order valence-corrected chi connectivity index (χ2v) is 10.6. The molecule has 186 valence electrons. The van der Waals surface area contributed by atoms with Crippen LogP contribution in [0.1, 0.15) is 29.9 Å². The van der Waals surface area contributed by atoms with Gasteiger partial charge in [-0.05, 0) is 28.7 Å². The van der Waals surface area contributed by atoms with Crippen LogP contribution in [0, 0.1) is 0 Å². The van der Waals surface area contributed by atoms with E-state index in [1.807, 2.05) is 48.5 Å². The minimum absolute atomic E-state index is 0.0257. The van der Waals surface area contributed by atoms with Gasteiger partial charge in [0.05, 0.1) is 12.7 Å². The van der Waals surface area contributed by atoms with Crippen molar-refractivity contribution in [2.24, 2.45) is 0 Å². The average Bonchev–Trinajstić information content (AvgIpc) is 3.38. The van der Waals surface area contributed by atoms with Crippen molar-refractivity contribution in [3.63, 3.8) is 0 Å². The largest absolute Gasteiger partial charge is 0.481 e. The van der Waals surface area contributed by atoms with E-state index in [1.165, 1.54) is 4.90 Å². The van der Waals surface area contributed by atoms with Crippen molar-refractivity contribution in [3.8, 4) is 11.1 Å². The minimum atomic E-state index is -3.44. The topological polar surface area (TPSA) is 142 Å². The Labute approximate surface area is 203 Å². The number of fused-ring (bicyclic) bond motifs is 3. The fourth-order valence-electron chi connectivity index (χ4n) is 4.74. The predicted octanol–water partition coefficient (Wildman–Crippen LogP) is 1.52. The molecule has 0 saturated carbocycles. The van der Waals surface area contributed by atoms with Gasteiger partial charge in [0.2, 0.25) is 15.9 Å². The molecule has 3 N–H and O–H groups in total. The maximum atomic E-state index is 12.9. The van der Waals surface area contributed by atoms with Gasteiger partial charge >= 0.3 is 12.1 Å². The van der Waals surface area contributed by atoms with Gasteiger partial charge in [0.1, 0.15) is 12.6 Å². The second-order valence-electron chi connectivity index (χ2n) is 8.78. The molecule has 0 bridgehead atoms. The van der Waals surface area contributed by atoms with Gasteiger partial charge in [-0.25, -0.2) is 17.9 Å². The number of aliphatic carboxylic acids is 1. The summed E-state index contributed by atoms with van der Waals surface area (Å²) in [6.45, 7) is 0.362. The number of hydrogen-bond acceptors (Lipinski definition) is 6. The number of amides is 2. The molecule has 2 atom stereocenters. The molecule has 2 amide bonds. The molecular formula is C24H27N3O7S. The molecule has 1 aliphatic heterocycles. The van der Waals surface area contributed by atoms with Crippen molar-refractivity contribution in [1.29, 1.82) is 0 Å². The number of ether oxygens (including phenoxy) is 1. The third-order valence-electron chi connectivity index (χ3n) is 6.19. The third kappa shape index (κ3) is 5.80. The lowest BCUT2D eigenvalue weighted by molar-refractivity contribution is -0.142. The molecule has 0 radical (unpaired) electrons. The van der Waals surface area contributed by atoms with E-state index in [0.717, 1.165) is 28.5 Å². The zero-order chi connectivity index (χ0) is 25.2. The molecule has 1 fully saturated rings. The Bertz CT molecular complexity index is 1200. The number of alkyl carbamates (subject to hydrolysis) is 1. The summed E-state index contributed by atoms with van der Waals surface area (Å²) in [5, 5.41) is 11.6. The second kappa shape index (κ2) is 10.0. The summed E-state index contributed by atoms with van der Waals surface area (Å²) in [6, 6.07) is 13.9. The number of carboxylic acids is 1. The molecule has 10 nitrogen and oxygen atoms in total. The van der Waals surface area contributed by atoms with Gasteiger partial charge in [-0.1, -0.05) is 48.5 Å². The highest BCUT2D eigenvalue weighted by Crippen LogP contribution is 2.44. The van der Waals surface area contributed by atoms with Crippen LogP contribution in [0.25, 0.3) is 11.1 Å². The summed E-state index contributed by atoms with van der Waals surface area (Å²) in [4.78, 5) is 38.2. The Hall–Kier alpha value is -3.44. The standard InChI is InChI=1S/C24H27N3O7S/c1-35(32,33)26-15-10-11-27(13-15)23(30)21(12-22(28)29)25-24(31)34-14-20-18-8-4-2-6-16(18)17-7-3-5-9-19(17)20/h2-9,15,20-21,26H,10-14H2,1H3,(H,25,31)(H,28,29). The maximum absolute atomic E-state index is 12.9. The van der Waals surface area contributed by atoms with Crippen molar-refractivity contribution in [2.45, 2.75) is 30.8 Å². The Balaban J connectivity index is 1.40. The molecule has 2 aliphatic rings. The van der Waals surface area contributed by atoms with Gasteiger partial charge in [0.15, 0.2) is 0 Å². The van der Waals surface area contributed by atoms with Crippen molar-refractivity contribution in [2.75, 3.05) is 26.0 Å². The van der Waals surface area contributed by atoms with Crippen LogP contribution in [-0.2, 0) is 24.3 Å². The van der Waals surface area contributed by atoms with Crippen LogP contribution in [0.4, 0.5) is 4.79 Å². The van der Waals surface area contributed by atoms with Crippen LogP contribution in [0.15, 0.2) is 48.5 Å². The molecule has 1 saturated heterocycles. The summed E-state index contributed by atoms with van der Waals surface area (Å²) in [5.74, 6) is -2.03. The minimum Gasteiger partial charge on any atom is -0.481 e. The van der Waals surface area contributed by atoms with Crippen molar-refractivity contribution in [1.82, 2.24) is 14.9 Å². The molecule has 11 heteroatoms. The molecule has 2 aromatic rings. The monoisotopic (exact) mass is 501 g/mol. The first-order valence-corrected chi connectivity index (χ1v) is 13.1. The van der Waals surface area contributed by atoms with E-state index in [0.29, 0.717) is 6.42 Å². The van der Waals surface area contributed by atoms with E-state index in [-0.39, 0.29) is 25.6 Å². The summed E-state index contributed by atoms with van der Waals surface area (Å²) in [5.41, 5.74) is 4.20. The van der Waals surface area contributed by atoms with Crippen LogP contribution in [0.3, 0.4) is 0 Å². The van der Waals surface area contributed by atoms with E-state index >= 15 is 0 Å². The van der Waals surface area contributed by atoms with Gasteiger partial charge in [-0.15, -0.1) is 0 Å². The molecular weight excluding hydrogens is 474 g/mol. The number of carbonyl (C=O) groups is 3. The van der Waals surface area contributed by atoms with E-state index in [4.69, 9.17) is 4.74 Å². The molecule has 4 rings (SSSR count). The predicted molar refractivity (Wildman–Crippen MR) is 127 cm³/mol. The SMILES string of the molecule is CS(=O)(=O)NC1CCN(C(=O)C(CC(=O)O)NC(=O)OCC2c3ccccc3-c3ccccc32)C1. The number of nitrogens with zero attached hydrogens (tertiary/aromatic N) is 1. The van der Waals surface area contributed by atoms with Gasteiger partial charge in [0, 0.05) is 25.0 Å². The lowest BCUT2D eigenvalue weighted by atomic mass is 9.98. The molecule has 1 aliphatic carbocycles. The molecule has 35 heavy (non-hydrogen) atoms. The van der Waals surface area contributed by atoms with E-state index in [9.17, 15) is 27.9 Å². The number of hydrogen-bond donors (Lipinski definition) is 3. The first kappa shape index (κ1) is 24.7. The van der Waals surface area contributed by atoms with Crippen molar-refractivity contribution < 1.29 is 32.6 Å². The Kier molecular flexibility index (Phi) is 7.08. The lowest BCUT2D eigenvalue weighted by Crippen LogP contribution is -2.50. The van der Waals surface area contributed by atoms with Crippen LogP contribution < -0.4 is 10.0 Å². The zero-order valence-electron chi connectivity index (χ0n) is 19.1. The van der Waals surface area contributed by atoms with Gasteiger partial charge in [-0.2, -0.15) is 0 Å². The number of carbonyl (C=O) groups excluding carboxylic acids is 2. The van der Waals surface area contributed by atoms with Crippen molar-refractivity contribution >= 4 is 28.0 Å². The van der Waals surface area contributed by atoms with Crippen molar-refractivity contribution in [3.05, 3.63) is 59.7 Å². The molecule has 2 aromatic carbocycles. The van der Waals surface area contributed by atoms with Gasteiger partial charge in [0.25, 0.3) is 0 Å². The number of carboxylic acid groups (broad SMARTS) is 1. The zero-order valence-corrected chi connectivity index (χ0v) is 20.0. The van der Waals surface area contributed by atoms with Gasteiger partial charge in [-0.3, -0.25) is 9.59 Å². The maximum Gasteiger partial charge on any atom is 0.407 e. The quantitative estimate of drug-likeness (QED) is 0.498. The van der Waals surface area contributed by atoms with Crippen LogP contribution in [0.5, 0.6) is 0 Å². The average molecular weight is 502 g/mol. The lowest BCUT2D eigenvalue weighted by Gasteiger charge is -2.23. The van der Waals surface area contributed by atoms with E-state index in [1.54, 1.807) is 0 Å². The number of benzene rings is 2. The highest BCUT2D eigenvalue weighted by atomic mass is 32.2. The normalized spacial score (nSPS) is 18.0. The first-order valence-electron chi connectivity index (χ1n) is 11.2. The van der Waals surface area contributed by atoms with Crippen LogP contribution in [-0.4, -0.2) is 74.4 Å². The number of likely N-dealkylation sites (tertiary alicyclic amines) is 1. The fourth-order valence-corrected chi connectivity index (χ4v) is 5.53. The van der Waals surface area contributed by atoms with Crippen LogP contribution in [0.2, 0.25) is 0 Å². The Morgan fingerprint density at radius 2 is 1.69 bits per heavy atom. The number of rotatable bonds is 8. The summed E-state index contributed by atoms with van der Waals surface area (Å²) in [6.07, 6.45) is -0.0899. The third-order valence-corrected chi connectivity index (χ3v) is 6.95. The number of sulfonamides is 1. The molecule has 0 aromatic heterocycles. The van der Waals surface area contributed by atoms with E-state index < -0.39 is 46.5 Å². The summed E-state index contributed by atoms with van der Waals surface area (Å²) in [7, 11) is -3.44. The number of nitrogens with one attached hydrogen (secondary N) is 2. The highest BCUT2D eigenvalue weighted by Gasteiger charge is 2.35. The fraction of sp³-hybridized carbons (Fsp3) is 0.375. The van der Waals surface area contributed by atoms with Gasteiger partial charge < -0.3 is 20.1 Å².